The van der Waals surface area contributed by atoms with E-state index in [-0.39, 0.29) is 11.9 Å². The van der Waals surface area contributed by atoms with E-state index in [1.165, 1.54) is 11.3 Å². The molecule has 6 heteroatoms. The maximum absolute atomic E-state index is 11.9. The Balaban J connectivity index is 1.84. The van der Waals surface area contributed by atoms with Crippen molar-refractivity contribution in [2.45, 2.75) is 19.9 Å². The van der Waals surface area contributed by atoms with Crippen molar-refractivity contribution in [1.29, 1.82) is 0 Å². The zero-order chi connectivity index (χ0) is 14.8. The lowest BCUT2D eigenvalue weighted by atomic mass is 10.2. The van der Waals surface area contributed by atoms with E-state index in [1.54, 1.807) is 6.20 Å². The summed E-state index contributed by atoms with van der Waals surface area (Å²) in [6.45, 7) is 4.99. The van der Waals surface area contributed by atoms with Crippen LogP contribution in [0.3, 0.4) is 0 Å². The van der Waals surface area contributed by atoms with Crippen LogP contribution in [0.1, 0.15) is 23.5 Å². The molecule has 1 amide bonds. The van der Waals surface area contributed by atoms with Gasteiger partial charge in [0.15, 0.2) is 11.5 Å². The number of carbonyl (C=O) groups is 1. The topological polar surface area (TPSA) is 60.5 Å². The minimum absolute atomic E-state index is 0.0914. The van der Waals surface area contributed by atoms with Gasteiger partial charge in [-0.3, -0.25) is 4.79 Å². The Kier molecular flexibility index (Phi) is 3.79. The van der Waals surface area contributed by atoms with E-state index in [9.17, 15) is 4.79 Å². The molecule has 110 valence electrons. The number of nitrogens with zero attached hydrogens (tertiary/aromatic N) is 1. The lowest BCUT2D eigenvalue weighted by Gasteiger charge is -2.18. The van der Waals surface area contributed by atoms with Crippen LogP contribution in [0.25, 0.3) is 10.6 Å². The van der Waals surface area contributed by atoms with Gasteiger partial charge in [0.25, 0.3) is 5.91 Å². The number of amides is 1. The van der Waals surface area contributed by atoms with Crippen LogP contribution in [0.2, 0.25) is 0 Å². The van der Waals surface area contributed by atoms with Gasteiger partial charge in [-0.15, -0.1) is 11.3 Å². The number of rotatable bonds is 3. The highest BCUT2D eigenvalue weighted by atomic mass is 32.1. The molecule has 0 atom stereocenters. The summed E-state index contributed by atoms with van der Waals surface area (Å²) >= 11 is 1.37. The van der Waals surface area contributed by atoms with E-state index in [4.69, 9.17) is 9.47 Å². The molecule has 0 spiro atoms. The van der Waals surface area contributed by atoms with Crippen molar-refractivity contribution < 1.29 is 14.3 Å². The van der Waals surface area contributed by atoms with Crippen molar-refractivity contribution in [3.05, 3.63) is 29.3 Å². The first-order valence-electron chi connectivity index (χ1n) is 6.80. The quantitative estimate of drug-likeness (QED) is 0.947. The number of thiazole rings is 1. The predicted octanol–water partition coefficient (Wildman–Crippen LogP) is 2.72. The van der Waals surface area contributed by atoms with Crippen LogP contribution in [-0.2, 0) is 0 Å². The van der Waals surface area contributed by atoms with Crippen molar-refractivity contribution in [2.75, 3.05) is 13.2 Å². The highest BCUT2D eigenvalue weighted by Gasteiger charge is 2.16. The normalized spacial score (nSPS) is 13.3. The van der Waals surface area contributed by atoms with E-state index in [1.807, 2.05) is 32.0 Å². The molecule has 1 aliphatic heterocycles. The Morgan fingerprint density at radius 3 is 2.81 bits per heavy atom. The van der Waals surface area contributed by atoms with Crippen molar-refractivity contribution in [3.8, 4) is 22.1 Å². The number of hydrogen-bond acceptors (Lipinski definition) is 5. The molecule has 0 bridgehead atoms. The van der Waals surface area contributed by atoms with E-state index < -0.39 is 0 Å². The second kappa shape index (κ2) is 5.73. The summed E-state index contributed by atoms with van der Waals surface area (Å²) in [5.41, 5.74) is 0.924. The lowest BCUT2D eigenvalue weighted by Crippen LogP contribution is -2.29. The third-order valence-electron chi connectivity index (χ3n) is 2.94. The third-order valence-corrected chi connectivity index (χ3v) is 3.98. The fourth-order valence-electron chi connectivity index (χ4n) is 2.02. The number of nitrogens with one attached hydrogen (secondary N) is 1. The van der Waals surface area contributed by atoms with Crippen LogP contribution in [-0.4, -0.2) is 30.1 Å². The standard InChI is InChI=1S/C15H16N2O3S/c1-9(2)17-14(18)13-8-16-15(21-13)10-3-4-11-12(7-10)20-6-5-19-11/h3-4,7-9H,5-6H2,1-2H3,(H,17,18). The lowest BCUT2D eigenvalue weighted by molar-refractivity contribution is 0.0947. The molecular formula is C15H16N2O3S. The van der Waals surface area contributed by atoms with Crippen molar-refractivity contribution >= 4 is 17.2 Å². The summed E-state index contributed by atoms with van der Waals surface area (Å²) in [4.78, 5) is 16.9. The highest BCUT2D eigenvalue weighted by molar-refractivity contribution is 7.16. The van der Waals surface area contributed by atoms with Gasteiger partial charge < -0.3 is 14.8 Å². The van der Waals surface area contributed by atoms with Crippen LogP contribution in [0, 0.1) is 0 Å². The van der Waals surface area contributed by atoms with Gasteiger partial charge in [0.05, 0.1) is 6.20 Å². The molecule has 2 heterocycles. The summed E-state index contributed by atoms with van der Waals surface area (Å²) in [5, 5.41) is 3.65. The molecule has 3 rings (SSSR count). The molecule has 1 aliphatic rings. The van der Waals surface area contributed by atoms with Gasteiger partial charge in [0, 0.05) is 11.6 Å². The first-order valence-corrected chi connectivity index (χ1v) is 7.62. The molecule has 0 saturated heterocycles. The number of fused-ring (bicyclic) bond motifs is 1. The minimum atomic E-state index is -0.0914. The molecular weight excluding hydrogens is 288 g/mol. The summed E-state index contributed by atoms with van der Waals surface area (Å²) in [6.07, 6.45) is 1.61. The van der Waals surface area contributed by atoms with Gasteiger partial charge in [0.2, 0.25) is 0 Å². The molecule has 0 saturated carbocycles. The maximum Gasteiger partial charge on any atom is 0.263 e. The predicted molar refractivity (Wildman–Crippen MR) is 81.1 cm³/mol. The molecule has 0 fully saturated rings. The molecule has 0 aliphatic carbocycles. The molecule has 0 radical (unpaired) electrons. The van der Waals surface area contributed by atoms with Gasteiger partial charge in [-0.2, -0.15) is 0 Å². The highest BCUT2D eigenvalue weighted by Crippen LogP contribution is 2.35. The van der Waals surface area contributed by atoms with Crippen LogP contribution in [0.4, 0.5) is 0 Å². The second-order valence-corrected chi connectivity index (χ2v) is 6.05. The molecule has 0 unspecified atom stereocenters. The Morgan fingerprint density at radius 2 is 2.05 bits per heavy atom. The van der Waals surface area contributed by atoms with E-state index in [0.717, 1.165) is 22.1 Å². The fraction of sp³-hybridized carbons (Fsp3) is 0.333. The molecule has 5 nitrogen and oxygen atoms in total. The van der Waals surface area contributed by atoms with Crippen molar-refractivity contribution in [1.82, 2.24) is 10.3 Å². The number of ether oxygens (including phenoxy) is 2. The Morgan fingerprint density at radius 1 is 1.29 bits per heavy atom. The summed E-state index contributed by atoms with van der Waals surface area (Å²) < 4.78 is 11.1. The van der Waals surface area contributed by atoms with Gasteiger partial charge in [0.1, 0.15) is 23.1 Å². The monoisotopic (exact) mass is 304 g/mol. The van der Waals surface area contributed by atoms with E-state index in [0.29, 0.717) is 18.1 Å². The zero-order valence-corrected chi connectivity index (χ0v) is 12.7. The smallest absolute Gasteiger partial charge is 0.263 e. The SMILES string of the molecule is CC(C)NC(=O)c1cnc(-c2ccc3c(c2)OCCO3)s1. The van der Waals surface area contributed by atoms with Crippen molar-refractivity contribution in [3.63, 3.8) is 0 Å². The molecule has 1 aromatic carbocycles. The first-order chi connectivity index (χ1) is 10.1. The molecule has 1 aromatic heterocycles. The average molecular weight is 304 g/mol. The van der Waals surface area contributed by atoms with Crippen LogP contribution in [0.5, 0.6) is 11.5 Å². The molecule has 1 N–H and O–H groups in total. The first kappa shape index (κ1) is 13.9. The largest absolute Gasteiger partial charge is 0.486 e. The van der Waals surface area contributed by atoms with Gasteiger partial charge >= 0.3 is 0 Å². The van der Waals surface area contributed by atoms with Crippen LogP contribution in [0.15, 0.2) is 24.4 Å². The number of aromatic nitrogens is 1. The fourth-order valence-corrected chi connectivity index (χ4v) is 2.84. The Hall–Kier alpha value is -2.08. The third kappa shape index (κ3) is 3.00. The second-order valence-electron chi connectivity index (χ2n) is 5.02. The molecule has 21 heavy (non-hydrogen) atoms. The average Bonchev–Trinajstić information content (AvgIpc) is 2.96. The van der Waals surface area contributed by atoms with Crippen LogP contribution < -0.4 is 14.8 Å². The maximum atomic E-state index is 11.9. The number of carbonyl (C=O) groups excluding carboxylic acids is 1. The minimum Gasteiger partial charge on any atom is -0.486 e. The Labute approximate surface area is 126 Å². The Bertz CT molecular complexity index is 667. The van der Waals surface area contributed by atoms with Gasteiger partial charge in [-0.1, -0.05) is 0 Å². The molecule has 2 aromatic rings. The van der Waals surface area contributed by atoms with Gasteiger partial charge in [-0.05, 0) is 32.0 Å². The number of benzene rings is 1. The number of hydrogen-bond donors (Lipinski definition) is 1. The summed E-state index contributed by atoms with van der Waals surface area (Å²) in [6, 6.07) is 5.81. The zero-order valence-electron chi connectivity index (χ0n) is 11.9. The van der Waals surface area contributed by atoms with Crippen LogP contribution >= 0.6 is 11.3 Å². The van der Waals surface area contributed by atoms with E-state index in [2.05, 4.69) is 10.3 Å². The summed E-state index contributed by atoms with van der Waals surface area (Å²) in [5.74, 6) is 1.38. The summed E-state index contributed by atoms with van der Waals surface area (Å²) in [7, 11) is 0. The van der Waals surface area contributed by atoms with Gasteiger partial charge in [-0.25, -0.2) is 4.98 Å². The van der Waals surface area contributed by atoms with Crippen molar-refractivity contribution in [2.24, 2.45) is 0 Å². The van der Waals surface area contributed by atoms with E-state index >= 15 is 0 Å².